The number of hydrogen-bond acceptors (Lipinski definition) is 8. The molecule has 0 saturated heterocycles. The van der Waals surface area contributed by atoms with Crippen LogP contribution in [-0.4, -0.2) is 24.9 Å². The number of nitrogens with zero attached hydrogens (tertiary/aromatic N) is 5. The average Bonchev–Trinajstić information content (AvgIpc) is 2.48. The first-order chi connectivity index (χ1) is 10.1. The SMILES string of the molecule is Nc1nc(N)nc(N)n1.c1ccc(-c2ccccn2)nc1. The molecule has 3 aromatic heterocycles. The average molecular weight is 282 g/mol. The molecule has 0 aromatic carbocycles. The van der Waals surface area contributed by atoms with Crippen LogP contribution in [-0.2, 0) is 0 Å². The van der Waals surface area contributed by atoms with Gasteiger partial charge in [0.1, 0.15) is 0 Å². The molecule has 0 aliphatic carbocycles. The summed E-state index contributed by atoms with van der Waals surface area (Å²) in [4.78, 5) is 18.8. The number of nitrogen functional groups attached to an aromatic ring is 3. The largest absolute Gasteiger partial charge is 0.368 e. The number of nitrogens with two attached hydrogens (primary N) is 3. The highest BCUT2D eigenvalue weighted by molar-refractivity contribution is 5.52. The zero-order valence-electron chi connectivity index (χ0n) is 11.1. The van der Waals surface area contributed by atoms with Crippen molar-refractivity contribution in [3.05, 3.63) is 48.8 Å². The molecule has 0 atom stereocenters. The summed E-state index contributed by atoms with van der Waals surface area (Å²) >= 11 is 0. The van der Waals surface area contributed by atoms with Crippen LogP contribution in [0.15, 0.2) is 48.8 Å². The van der Waals surface area contributed by atoms with Crippen molar-refractivity contribution in [2.75, 3.05) is 17.2 Å². The van der Waals surface area contributed by atoms with E-state index in [0.717, 1.165) is 11.4 Å². The molecule has 6 N–H and O–H groups in total. The Bertz CT molecular complexity index is 599. The van der Waals surface area contributed by atoms with Gasteiger partial charge in [-0.1, -0.05) is 12.1 Å². The third-order valence-corrected chi connectivity index (χ3v) is 2.28. The van der Waals surface area contributed by atoms with E-state index in [0.29, 0.717) is 0 Å². The molecule has 3 rings (SSSR count). The van der Waals surface area contributed by atoms with Gasteiger partial charge in [0.25, 0.3) is 0 Å². The van der Waals surface area contributed by atoms with Crippen LogP contribution >= 0.6 is 0 Å². The second kappa shape index (κ2) is 6.75. The Kier molecular flexibility index (Phi) is 4.54. The number of aromatic nitrogens is 5. The van der Waals surface area contributed by atoms with Crippen LogP contribution in [0.2, 0.25) is 0 Å². The summed E-state index contributed by atoms with van der Waals surface area (Å²) in [6, 6.07) is 11.6. The van der Waals surface area contributed by atoms with E-state index in [4.69, 9.17) is 17.2 Å². The molecule has 0 unspecified atom stereocenters. The molecular formula is C13H14N8. The van der Waals surface area contributed by atoms with E-state index in [2.05, 4.69) is 24.9 Å². The van der Waals surface area contributed by atoms with Gasteiger partial charge in [-0.15, -0.1) is 0 Å². The van der Waals surface area contributed by atoms with Crippen molar-refractivity contribution >= 4 is 17.8 Å². The van der Waals surface area contributed by atoms with Gasteiger partial charge in [-0.25, -0.2) is 0 Å². The van der Waals surface area contributed by atoms with Crippen molar-refractivity contribution < 1.29 is 0 Å². The fourth-order valence-corrected chi connectivity index (χ4v) is 1.46. The van der Waals surface area contributed by atoms with E-state index in [1.165, 1.54) is 0 Å². The highest BCUT2D eigenvalue weighted by Gasteiger charge is 1.95. The quantitative estimate of drug-likeness (QED) is 0.593. The Morgan fingerprint density at radius 2 is 0.952 bits per heavy atom. The first-order valence-corrected chi connectivity index (χ1v) is 6.00. The van der Waals surface area contributed by atoms with Crippen molar-refractivity contribution in [3.63, 3.8) is 0 Å². The van der Waals surface area contributed by atoms with Crippen molar-refractivity contribution in [2.24, 2.45) is 0 Å². The summed E-state index contributed by atoms with van der Waals surface area (Å²) in [5.41, 5.74) is 17.2. The normalized spacial score (nSPS) is 9.52. The predicted molar refractivity (Wildman–Crippen MR) is 80.5 cm³/mol. The number of hydrogen-bond donors (Lipinski definition) is 3. The van der Waals surface area contributed by atoms with Crippen LogP contribution in [0, 0.1) is 0 Å². The summed E-state index contributed by atoms with van der Waals surface area (Å²) in [6.45, 7) is 0. The van der Waals surface area contributed by atoms with E-state index in [-0.39, 0.29) is 17.8 Å². The third-order valence-electron chi connectivity index (χ3n) is 2.28. The van der Waals surface area contributed by atoms with Gasteiger partial charge < -0.3 is 17.2 Å². The third kappa shape index (κ3) is 4.39. The Hall–Kier alpha value is -3.29. The smallest absolute Gasteiger partial charge is 0.226 e. The fourth-order valence-electron chi connectivity index (χ4n) is 1.46. The van der Waals surface area contributed by atoms with Crippen LogP contribution < -0.4 is 17.2 Å². The zero-order valence-corrected chi connectivity index (χ0v) is 11.1. The number of anilines is 3. The molecule has 8 nitrogen and oxygen atoms in total. The minimum atomic E-state index is 0.0417. The first-order valence-electron chi connectivity index (χ1n) is 6.00. The lowest BCUT2D eigenvalue weighted by Gasteiger charge is -1.96. The molecule has 0 aliphatic heterocycles. The molecule has 0 bridgehead atoms. The van der Waals surface area contributed by atoms with Gasteiger partial charge in [0, 0.05) is 12.4 Å². The first kappa shape index (κ1) is 14.1. The van der Waals surface area contributed by atoms with Crippen LogP contribution in [0.25, 0.3) is 11.4 Å². The number of rotatable bonds is 1. The molecule has 0 amide bonds. The van der Waals surface area contributed by atoms with Crippen LogP contribution in [0.3, 0.4) is 0 Å². The van der Waals surface area contributed by atoms with Crippen molar-refractivity contribution in [2.45, 2.75) is 0 Å². The maximum absolute atomic E-state index is 5.14. The Labute approximate surface area is 121 Å². The van der Waals surface area contributed by atoms with Gasteiger partial charge in [-0.05, 0) is 24.3 Å². The van der Waals surface area contributed by atoms with E-state index < -0.39 is 0 Å². The molecule has 0 radical (unpaired) electrons. The Balaban J connectivity index is 0.000000161. The highest BCUT2D eigenvalue weighted by Crippen LogP contribution is 2.10. The van der Waals surface area contributed by atoms with Gasteiger partial charge in [0.15, 0.2) is 0 Å². The lowest BCUT2D eigenvalue weighted by atomic mass is 10.2. The summed E-state index contributed by atoms with van der Waals surface area (Å²) in [7, 11) is 0. The Morgan fingerprint density at radius 1 is 0.571 bits per heavy atom. The maximum atomic E-state index is 5.14. The summed E-state index contributed by atoms with van der Waals surface area (Å²) in [5.74, 6) is 0.125. The van der Waals surface area contributed by atoms with Crippen molar-refractivity contribution in [3.8, 4) is 11.4 Å². The molecule has 3 heterocycles. The Morgan fingerprint density at radius 3 is 1.24 bits per heavy atom. The summed E-state index contributed by atoms with van der Waals surface area (Å²) in [6.07, 6.45) is 3.54. The molecule has 0 fully saturated rings. The fraction of sp³-hybridized carbons (Fsp3) is 0. The second-order valence-corrected chi connectivity index (χ2v) is 3.84. The van der Waals surface area contributed by atoms with Crippen molar-refractivity contribution in [1.82, 2.24) is 24.9 Å². The molecule has 0 saturated carbocycles. The van der Waals surface area contributed by atoms with Crippen molar-refractivity contribution in [1.29, 1.82) is 0 Å². The van der Waals surface area contributed by atoms with E-state index in [1.54, 1.807) is 12.4 Å². The van der Waals surface area contributed by atoms with Gasteiger partial charge in [-0.2, -0.15) is 15.0 Å². The molecule has 8 heteroatoms. The molecular weight excluding hydrogens is 268 g/mol. The maximum Gasteiger partial charge on any atom is 0.226 e. The van der Waals surface area contributed by atoms with E-state index in [9.17, 15) is 0 Å². The predicted octanol–water partition coefficient (Wildman–Crippen LogP) is 0.762. The van der Waals surface area contributed by atoms with Gasteiger partial charge in [-0.3, -0.25) is 9.97 Å². The standard InChI is InChI=1S/C10H8N2.C3H6N6/c1-3-7-11-9(5-1)10-6-2-4-8-12-10;4-1-7-2(5)9-3(6)8-1/h1-8H;(H6,4,5,6,7,8,9). The lowest BCUT2D eigenvalue weighted by molar-refractivity contribution is 1.09. The lowest BCUT2D eigenvalue weighted by Crippen LogP contribution is -2.05. The summed E-state index contributed by atoms with van der Waals surface area (Å²) in [5, 5.41) is 0. The number of pyridine rings is 2. The summed E-state index contributed by atoms with van der Waals surface area (Å²) < 4.78 is 0. The van der Waals surface area contributed by atoms with Crippen LogP contribution in [0.5, 0.6) is 0 Å². The van der Waals surface area contributed by atoms with Gasteiger partial charge in [0.05, 0.1) is 11.4 Å². The van der Waals surface area contributed by atoms with Gasteiger partial charge >= 0.3 is 0 Å². The minimum Gasteiger partial charge on any atom is -0.368 e. The van der Waals surface area contributed by atoms with E-state index in [1.807, 2.05) is 36.4 Å². The highest BCUT2D eigenvalue weighted by atomic mass is 15.2. The van der Waals surface area contributed by atoms with Gasteiger partial charge in [0.2, 0.25) is 17.8 Å². The molecule has 21 heavy (non-hydrogen) atoms. The minimum absolute atomic E-state index is 0.0417. The second-order valence-electron chi connectivity index (χ2n) is 3.84. The van der Waals surface area contributed by atoms with Crippen LogP contribution in [0.1, 0.15) is 0 Å². The molecule has 0 spiro atoms. The topological polar surface area (TPSA) is 143 Å². The van der Waals surface area contributed by atoms with E-state index >= 15 is 0 Å². The van der Waals surface area contributed by atoms with Crippen LogP contribution in [0.4, 0.5) is 17.8 Å². The zero-order chi connectivity index (χ0) is 15.1. The molecule has 3 aromatic rings. The monoisotopic (exact) mass is 282 g/mol. The molecule has 0 aliphatic rings. The molecule has 106 valence electrons.